The number of aromatic nitrogens is 3. The Morgan fingerprint density at radius 2 is 2.05 bits per heavy atom. The summed E-state index contributed by atoms with van der Waals surface area (Å²) in [7, 11) is 1.96. The molecule has 3 aromatic rings. The van der Waals surface area contributed by atoms with Gasteiger partial charge in [0.2, 0.25) is 0 Å². The summed E-state index contributed by atoms with van der Waals surface area (Å²) in [5, 5.41) is 3.95. The predicted molar refractivity (Wildman–Crippen MR) is 89.0 cm³/mol. The van der Waals surface area contributed by atoms with Crippen LogP contribution in [-0.2, 0) is 7.05 Å². The van der Waals surface area contributed by atoms with E-state index in [0.29, 0.717) is 10.8 Å². The molecule has 114 valence electrons. The molecule has 2 heterocycles. The number of nitrogens with one attached hydrogen (secondary N) is 1. The molecule has 6 heteroatoms. The number of ether oxygens (including phenoxy) is 1. The molecule has 0 fully saturated rings. The van der Waals surface area contributed by atoms with Crippen LogP contribution in [-0.4, -0.2) is 20.6 Å². The molecular weight excluding hydrogens is 300 g/mol. The van der Waals surface area contributed by atoms with Crippen molar-refractivity contribution >= 4 is 34.1 Å². The van der Waals surface area contributed by atoms with E-state index in [1.807, 2.05) is 49.9 Å². The van der Waals surface area contributed by atoms with Crippen molar-refractivity contribution in [2.45, 2.75) is 20.0 Å². The molecule has 0 saturated heterocycles. The first kappa shape index (κ1) is 14.7. The van der Waals surface area contributed by atoms with Gasteiger partial charge in [0.05, 0.1) is 17.3 Å². The molecule has 0 amide bonds. The van der Waals surface area contributed by atoms with Gasteiger partial charge in [0.15, 0.2) is 5.82 Å². The van der Waals surface area contributed by atoms with E-state index in [2.05, 4.69) is 15.3 Å². The highest BCUT2D eigenvalue weighted by Gasteiger charge is 2.12. The molecular formula is C16H17ClN4O. The van der Waals surface area contributed by atoms with Gasteiger partial charge in [-0.2, -0.15) is 0 Å². The molecule has 0 spiro atoms. The Balaban J connectivity index is 2.03. The van der Waals surface area contributed by atoms with Gasteiger partial charge in [-0.05, 0) is 32.0 Å². The average molecular weight is 317 g/mol. The number of nitrogens with zero attached hydrogens (tertiary/aromatic N) is 3. The van der Waals surface area contributed by atoms with Gasteiger partial charge in [0.25, 0.3) is 0 Å². The normalized spacial score (nSPS) is 11.1. The van der Waals surface area contributed by atoms with E-state index in [4.69, 9.17) is 16.3 Å². The topological polar surface area (TPSA) is 52.0 Å². The van der Waals surface area contributed by atoms with Crippen LogP contribution in [0.5, 0.6) is 5.75 Å². The molecule has 0 aliphatic heterocycles. The minimum absolute atomic E-state index is 0.0551. The van der Waals surface area contributed by atoms with Gasteiger partial charge >= 0.3 is 0 Å². The number of hydrogen-bond donors (Lipinski definition) is 1. The first-order valence-electron chi connectivity index (χ1n) is 7.04. The van der Waals surface area contributed by atoms with Crippen molar-refractivity contribution in [3.05, 3.63) is 41.8 Å². The monoisotopic (exact) mass is 316 g/mol. The van der Waals surface area contributed by atoms with Crippen molar-refractivity contribution < 1.29 is 4.74 Å². The Hall–Kier alpha value is -2.27. The van der Waals surface area contributed by atoms with Gasteiger partial charge in [-0.1, -0.05) is 11.6 Å². The first-order valence-corrected chi connectivity index (χ1v) is 7.41. The molecule has 1 N–H and O–H groups in total. The van der Waals surface area contributed by atoms with Gasteiger partial charge in [-0.3, -0.25) is 0 Å². The third-order valence-electron chi connectivity index (χ3n) is 3.22. The van der Waals surface area contributed by atoms with Gasteiger partial charge < -0.3 is 14.6 Å². The van der Waals surface area contributed by atoms with Crippen LogP contribution >= 0.6 is 11.6 Å². The lowest BCUT2D eigenvalue weighted by molar-refractivity contribution is 0.244. The summed E-state index contributed by atoms with van der Waals surface area (Å²) < 4.78 is 7.81. The standard InChI is InChI=1S/C16H17ClN4O/c1-10(2)22-14-8-11(17)4-5-12(14)20-16-15-13(18-9-19-16)6-7-21(15)3/h4-10H,1-3H3,(H,18,19,20). The minimum atomic E-state index is 0.0551. The second kappa shape index (κ2) is 5.85. The summed E-state index contributed by atoms with van der Waals surface area (Å²) in [5.41, 5.74) is 2.65. The second-order valence-corrected chi connectivity index (χ2v) is 5.75. The highest BCUT2D eigenvalue weighted by Crippen LogP contribution is 2.32. The van der Waals surface area contributed by atoms with E-state index in [0.717, 1.165) is 22.5 Å². The fraction of sp³-hybridized carbons (Fsp3) is 0.250. The van der Waals surface area contributed by atoms with Crippen molar-refractivity contribution in [2.75, 3.05) is 5.32 Å². The maximum absolute atomic E-state index is 6.07. The summed E-state index contributed by atoms with van der Waals surface area (Å²) in [6.07, 6.45) is 3.56. The molecule has 1 aromatic carbocycles. The molecule has 0 radical (unpaired) electrons. The SMILES string of the molecule is CC(C)Oc1cc(Cl)ccc1Nc1ncnc2ccn(C)c12. The molecule has 0 atom stereocenters. The Labute approximate surface area is 133 Å². The molecule has 2 aromatic heterocycles. The molecule has 0 unspecified atom stereocenters. The summed E-state index contributed by atoms with van der Waals surface area (Å²) in [6.45, 7) is 3.95. The van der Waals surface area contributed by atoms with E-state index in [1.165, 1.54) is 0 Å². The molecule has 5 nitrogen and oxygen atoms in total. The van der Waals surface area contributed by atoms with E-state index < -0.39 is 0 Å². The van der Waals surface area contributed by atoms with Crippen LogP contribution in [0.15, 0.2) is 36.8 Å². The van der Waals surface area contributed by atoms with Crippen molar-refractivity contribution in [3.63, 3.8) is 0 Å². The maximum Gasteiger partial charge on any atom is 0.158 e. The van der Waals surface area contributed by atoms with Crippen LogP contribution in [0.4, 0.5) is 11.5 Å². The Bertz CT molecular complexity index is 813. The lowest BCUT2D eigenvalue weighted by Crippen LogP contribution is -2.08. The smallest absolute Gasteiger partial charge is 0.158 e. The molecule has 22 heavy (non-hydrogen) atoms. The number of aryl methyl sites for hydroxylation is 1. The fourth-order valence-electron chi connectivity index (χ4n) is 2.29. The van der Waals surface area contributed by atoms with E-state index in [-0.39, 0.29) is 6.10 Å². The lowest BCUT2D eigenvalue weighted by atomic mass is 10.2. The van der Waals surface area contributed by atoms with E-state index in [9.17, 15) is 0 Å². The summed E-state index contributed by atoms with van der Waals surface area (Å²) in [5.74, 6) is 1.43. The maximum atomic E-state index is 6.07. The first-order chi connectivity index (χ1) is 10.5. The third-order valence-corrected chi connectivity index (χ3v) is 3.45. The van der Waals surface area contributed by atoms with Crippen LogP contribution in [0.1, 0.15) is 13.8 Å². The largest absolute Gasteiger partial charge is 0.489 e. The fourth-order valence-corrected chi connectivity index (χ4v) is 2.45. The zero-order chi connectivity index (χ0) is 15.7. The quantitative estimate of drug-likeness (QED) is 0.785. The van der Waals surface area contributed by atoms with Crippen LogP contribution in [0.25, 0.3) is 11.0 Å². The summed E-state index contributed by atoms with van der Waals surface area (Å²) in [4.78, 5) is 8.61. The highest BCUT2D eigenvalue weighted by molar-refractivity contribution is 6.30. The van der Waals surface area contributed by atoms with Crippen LogP contribution in [0, 0.1) is 0 Å². The lowest BCUT2D eigenvalue weighted by Gasteiger charge is -2.16. The van der Waals surface area contributed by atoms with Crippen LogP contribution in [0.3, 0.4) is 0 Å². The van der Waals surface area contributed by atoms with Crippen LogP contribution in [0.2, 0.25) is 5.02 Å². The van der Waals surface area contributed by atoms with E-state index in [1.54, 1.807) is 12.4 Å². The zero-order valence-electron chi connectivity index (χ0n) is 12.7. The Morgan fingerprint density at radius 3 is 2.82 bits per heavy atom. The van der Waals surface area contributed by atoms with Crippen molar-refractivity contribution in [2.24, 2.45) is 7.05 Å². The highest BCUT2D eigenvalue weighted by atomic mass is 35.5. The average Bonchev–Trinajstić information content (AvgIpc) is 2.84. The van der Waals surface area contributed by atoms with Gasteiger partial charge in [0.1, 0.15) is 17.6 Å². The van der Waals surface area contributed by atoms with Gasteiger partial charge in [-0.15, -0.1) is 0 Å². The third kappa shape index (κ3) is 2.85. The van der Waals surface area contributed by atoms with Crippen molar-refractivity contribution in [1.82, 2.24) is 14.5 Å². The zero-order valence-corrected chi connectivity index (χ0v) is 13.4. The van der Waals surface area contributed by atoms with Crippen molar-refractivity contribution in [1.29, 1.82) is 0 Å². The molecule has 0 aliphatic rings. The number of hydrogen-bond acceptors (Lipinski definition) is 4. The minimum Gasteiger partial charge on any atom is -0.489 e. The summed E-state index contributed by atoms with van der Waals surface area (Å²) >= 11 is 6.07. The van der Waals surface area contributed by atoms with Crippen molar-refractivity contribution in [3.8, 4) is 5.75 Å². The van der Waals surface area contributed by atoms with Gasteiger partial charge in [-0.25, -0.2) is 9.97 Å². The predicted octanol–water partition coefficient (Wildman–Crippen LogP) is 4.15. The molecule has 0 bridgehead atoms. The second-order valence-electron chi connectivity index (χ2n) is 5.31. The number of fused-ring (bicyclic) bond motifs is 1. The van der Waals surface area contributed by atoms with E-state index >= 15 is 0 Å². The Morgan fingerprint density at radius 1 is 1.23 bits per heavy atom. The number of rotatable bonds is 4. The number of anilines is 2. The van der Waals surface area contributed by atoms with Crippen LogP contribution < -0.4 is 10.1 Å². The number of benzene rings is 1. The number of halogens is 1. The molecule has 0 aliphatic carbocycles. The van der Waals surface area contributed by atoms with Gasteiger partial charge in [0, 0.05) is 24.3 Å². The summed E-state index contributed by atoms with van der Waals surface area (Å²) in [6, 6.07) is 7.46. The molecule has 0 saturated carbocycles. The Kier molecular flexibility index (Phi) is 3.90. The molecule has 3 rings (SSSR count).